The molecule has 0 saturated carbocycles. The predicted molar refractivity (Wildman–Crippen MR) is 85.9 cm³/mol. The van der Waals surface area contributed by atoms with Crippen LogP contribution in [0.5, 0.6) is 0 Å². The molecule has 1 saturated heterocycles. The van der Waals surface area contributed by atoms with Crippen LogP contribution in [0.2, 0.25) is 0 Å². The van der Waals surface area contributed by atoms with E-state index in [2.05, 4.69) is 20.9 Å². The fourth-order valence-electron chi connectivity index (χ4n) is 2.80. The van der Waals surface area contributed by atoms with Crippen molar-refractivity contribution in [2.45, 2.75) is 19.4 Å². The van der Waals surface area contributed by atoms with Crippen LogP contribution in [0, 0.1) is 11.7 Å². The number of nitrogens with zero attached hydrogens (tertiary/aromatic N) is 2. The molecule has 0 N–H and O–H groups in total. The summed E-state index contributed by atoms with van der Waals surface area (Å²) >= 11 is 3.19. The minimum atomic E-state index is -2.87. The van der Waals surface area contributed by atoms with Crippen LogP contribution >= 0.6 is 15.9 Å². The van der Waals surface area contributed by atoms with Crippen LogP contribution in [0.15, 0.2) is 35.1 Å². The Morgan fingerprint density at radius 1 is 1.41 bits per heavy atom. The summed E-state index contributed by atoms with van der Waals surface area (Å²) in [5.74, 6) is 1.27. The zero-order chi connectivity index (χ0) is 15.7. The van der Waals surface area contributed by atoms with E-state index < -0.39 is 9.84 Å². The van der Waals surface area contributed by atoms with E-state index in [1.165, 1.54) is 6.07 Å². The highest BCUT2D eigenvalue weighted by Crippen LogP contribution is 2.23. The quantitative estimate of drug-likeness (QED) is 0.811. The molecule has 3 rings (SSSR count). The van der Waals surface area contributed by atoms with Crippen molar-refractivity contribution >= 4 is 25.8 Å². The first-order valence-corrected chi connectivity index (χ1v) is 9.69. The molecule has 2 aromatic rings. The molecule has 1 atom stereocenters. The molecule has 0 aliphatic carbocycles. The number of benzene rings is 1. The van der Waals surface area contributed by atoms with E-state index in [0.29, 0.717) is 23.9 Å². The summed E-state index contributed by atoms with van der Waals surface area (Å²) in [6, 6.07) is 4.92. The summed E-state index contributed by atoms with van der Waals surface area (Å²) in [7, 11) is -2.87. The lowest BCUT2D eigenvalue weighted by Gasteiger charge is -2.11. The molecule has 22 heavy (non-hydrogen) atoms. The molecule has 1 aliphatic heterocycles. The van der Waals surface area contributed by atoms with Crippen molar-refractivity contribution in [1.29, 1.82) is 0 Å². The highest BCUT2D eigenvalue weighted by molar-refractivity contribution is 9.10. The second-order valence-electron chi connectivity index (χ2n) is 5.69. The van der Waals surface area contributed by atoms with Gasteiger partial charge in [0.15, 0.2) is 9.84 Å². The Bertz CT molecular complexity index is 789. The second-order valence-corrected chi connectivity index (χ2v) is 8.78. The molecule has 0 radical (unpaired) electrons. The van der Waals surface area contributed by atoms with E-state index in [-0.39, 0.29) is 23.2 Å². The smallest absolute Gasteiger partial charge is 0.150 e. The van der Waals surface area contributed by atoms with Gasteiger partial charge in [-0.2, -0.15) is 0 Å². The monoisotopic (exact) mass is 386 g/mol. The first-order chi connectivity index (χ1) is 10.4. The van der Waals surface area contributed by atoms with Crippen molar-refractivity contribution in [3.63, 3.8) is 0 Å². The molecule has 2 heterocycles. The Morgan fingerprint density at radius 3 is 2.91 bits per heavy atom. The maximum atomic E-state index is 13.3. The van der Waals surface area contributed by atoms with E-state index in [9.17, 15) is 12.8 Å². The largest absolute Gasteiger partial charge is 0.331 e. The van der Waals surface area contributed by atoms with Crippen molar-refractivity contribution in [3.8, 4) is 0 Å². The predicted octanol–water partition coefficient (Wildman–Crippen LogP) is 2.81. The van der Waals surface area contributed by atoms with Gasteiger partial charge in [-0.05, 0) is 46.0 Å². The minimum absolute atomic E-state index is 0.145. The van der Waals surface area contributed by atoms with E-state index in [0.717, 1.165) is 11.4 Å². The van der Waals surface area contributed by atoms with Crippen molar-refractivity contribution in [3.05, 3.63) is 52.3 Å². The molecule has 1 fully saturated rings. The fourth-order valence-corrected chi connectivity index (χ4v) is 5.09. The maximum Gasteiger partial charge on any atom is 0.150 e. The average Bonchev–Trinajstić information content (AvgIpc) is 3.01. The summed E-state index contributed by atoms with van der Waals surface area (Å²) in [5, 5.41) is 0. The summed E-state index contributed by atoms with van der Waals surface area (Å²) in [5.41, 5.74) is 0.964. The lowest BCUT2D eigenvalue weighted by Crippen LogP contribution is -2.12. The third-order valence-electron chi connectivity index (χ3n) is 3.94. The van der Waals surface area contributed by atoms with E-state index in [1.807, 2.05) is 10.8 Å². The third kappa shape index (κ3) is 3.57. The summed E-state index contributed by atoms with van der Waals surface area (Å²) in [6.45, 7) is 0.591. The molecule has 118 valence electrons. The van der Waals surface area contributed by atoms with Gasteiger partial charge < -0.3 is 4.57 Å². The van der Waals surface area contributed by atoms with E-state index >= 15 is 0 Å². The van der Waals surface area contributed by atoms with Crippen LogP contribution in [0.1, 0.15) is 17.8 Å². The molecular weight excluding hydrogens is 371 g/mol. The summed E-state index contributed by atoms with van der Waals surface area (Å²) in [4.78, 5) is 4.35. The van der Waals surface area contributed by atoms with Gasteiger partial charge in [0.25, 0.3) is 0 Å². The normalized spacial score (nSPS) is 20.4. The first kappa shape index (κ1) is 15.7. The molecule has 1 aromatic carbocycles. The maximum absolute atomic E-state index is 13.3. The van der Waals surface area contributed by atoms with Gasteiger partial charge in [0, 0.05) is 25.4 Å². The Kier molecular flexibility index (Phi) is 4.36. The summed E-state index contributed by atoms with van der Waals surface area (Å²) < 4.78 is 38.8. The van der Waals surface area contributed by atoms with Gasteiger partial charge >= 0.3 is 0 Å². The van der Waals surface area contributed by atoms with Crippen LogP contribution in [0.25, 0.3) is 0 Å². The SMILES string of the molecule is O=S1(=O)CCC(Cc2nccn2Cc2ccc(F)c(Br)c2)C1. The lowest BCUT2D eigenvalue weighted by atomic mass is 10.0. The van der Waals surface area contributed by atoms with Gasteiger partial charge in [-0.1, -0.05) is 6.07 Å². The Labute approximate surface area is 137 Å². The minimum Gasteiger partial charge on any atom is -0.331 e. The van der Waals surface area contributed by atoms with E-state index in [4.69, 9.17) is 0 Å². The van der Waals surface area contributed by atoms with Crippen molar-refractivity contribution in [2.75, 3.05) is 11.5 Å². The molecular formula is C15H16BrFN2O2S. The number of halogens is 2. The Hall–Kier alpha value is -1.21. The molecule has 0 spiro atoms. The topological polar surface area (TPSA) is 52.0 Å². The van der Waals surface area contributed by atoms with Crippen molar-refractivity contribution < 1.29 is 12.8 Å². The number of sulfone groups is 1. The molecule has 7 heteroatoms. The van der Waals surface area contributed by atoms with Gasteiger partial charge in [0.05, 0.1) is 16.0 Å². The Balaban J connectivity index is 1.73. The molecule has 0 bridgehead atoms. The number of rotatable bonds is 4. The summed E-state index contributed by atoms with van der Waals surface area (Å²) in [6.07, 6.45) is 4.96. The standard InChI is InChI=1S/C15H16BrFN2O2S/c16-13-7-11(1-2-14(13)17)9-19-5-4-18-15(19)8-12-3-6-22(20,21)10-12/h1-2,4-5,7,12H,3,6,8-10H2. The zero-order valence-corrected chi connectivity index (χ0v) is 14.3. The third-order valence-corrected chi connectivity index (χ3v) is 6.38. The van der Waals surface area contributed by atoms with Crippen LogP contribution < -0.4 is 0 Å². The fraction of sp³-hybridized carbons (Fsp3) is 0.400. The van der Waals surface area contributed by atoms with Crippen LogP contribution in [-0.4, -0.2) is 29.5 Å². The molecule has 0 amide bonds. The van der Waals surface area contributed by atoms with Gasteiger partial charge in [-0.15, -0.1) is 0 Å². The van der Waals surface area contributed by atoms with Crippen LogP contribution in [0.3, 0.4) is 0 Å². The van der Waals surface area contributed by atoms with Gasteiger partial charge in [-0.25, -0.2) is 17.8 Å². The van der Waals surface area contributed by atoms with Gasteiger partial charge in [0.2, 0.25) is 0 Å². The first-order valence-electron chi connectivity index (χ1n) is 7.07. The highest BCUT2D eigenvalue weighted by atomic mass is 79.9. The van der Waals surface area contributed by atoms with Crippen molar-refractivity contribution in [1.82, 2.24) is 9.55 Å². The number of hydrogen-bond donors (Lipinski definition) is 0. The van der Waals surface area contributed by atoms with Crippen LogP contribution in [0.4, 0.5) is 4.39 Å². The lowest BCUT2D eigenvalue weighted by molar-refractivity contribution is 0.550. The van der Waals surface area contributed by atoms with E-state index in [1.54, 1.807) is 18.3 Å². The molecule has 1 aromatic heterocycles. The zero-order valence-electron chi connectivity index (χ0n) is 11.9. The Morgan fingerprint density at radius 2 is 2.23 bits per heavy atom. The van der Waals surface area contributed by atoms with Crippen molar-refractivity contribution in [2.24, 2.45) is 5.92 Å². The molecule has 1 aliphatic rings. The van der Waals surface area contributed by atoms with Gasteiger partial charge in [0.1, 0.15) is 11.6 Å². The van der Waals surface area contributed by atoms with Crippen LogP contribution in [-0.2, 0) is 22.8 Å². The molecule has 1 unspecified atom stereocenters. The number of hydrogen-bond acceptors (Lipinski definition) is 3. The number of imidazole rings is 1. The second kappa shape index (κ2) is 6.12. The number of aromatic nitrogens is 2. The average molecular weight is 387 g/mol. The highest BCUT2D eigenvalue weighted by Gasteiger charge is 2.28. The molecule has 4 nitrogen and oxygen atoms in total. The van der Waals surface area contributed by atoms with Gasteiger partial charge in [-0.3, -0.25) is 0 Å².